The fourth-order valence-corrected chi connectivity index (χ4v) is 2.90. The molecule has 2 N–H and O–H groups in total. The van der Waals surface area contributed by atoms with Gasteiger partial charge in [-0.25, -0.2) is 4.98 Å². The summed E-state index contributed by atoms with van der Waals surface area (Å²) in [6.45, 7) is 0. The Bertz CT molecular complexity index is 543. The molecule has 1 fully saturated rings. The molecule has 4 nitrogen and oxygen atoms in total. The number of benzene rings is 1. The summed E-state index contributed by atoms with van der Waals surface area (Å²) in [6, 6.07) is 7.83. The first-order valence-corrected chi connectivity index (χ1v) is 6.43. The molecule has 0 unspecified atom stereocenters. The second-order valence-corrected chi connectivity index (χ2v) is 4.97. The lowest BCUT2D eigenvalue weighted by molar-refractivity contribution is -0.143. The normalized spacial score (nSPS) is 24.2. The van der Waals surface area contributed by atoms with E-state index < -0.39 is 5.97 Å². The van der Waals surface area contributed by atoms with E-state index in [4.69, 9.17) is 0 Å². The maximum atomic E-state index is 11.3. The van der Waals surface area contributed by atoms with Crippen LogP contribution in [0.15, 0.2) is 24.3 Å². The lowest BCUT2D eigenvalue weighted by atomic mass is 9.79. The highest BCUT2D eigenvalue weighted by atomic mass is 16.4. The minimum atomic E-state index is -0.694. The zero-order valence-corrected chi connectivity index (χ0v) is 10.1. The molecule has 2 atom stereocenters. The summed E-state index contributed by atoms with van der Waals surface area (Å²) < 4.78 is 0. The van der Waals surface area contributed by atoms with Gasteiger partial charge in [-0.1, -0.05) is 25.0 Å². The SMILES string of the molecule is O=C(O)[C@H]1CCCC[C@H]1c1nc2ccccc2[nH]1. The summed E-state index contributed by atoms with van der Waals surface area (Å²) in [5.41, 5.74) is 1.91. The van der Waals surface area contributed by atoms with Gasteiger partial charge in [0.15, 0.2) is 0 Å². The Kier molecular flexibility index (Phi) is 2.78. The Morgan fingerprint density at radius 1 is 1.28 bits per heavy atom. The van der Waals surface area contributed by atoms with Crippen LogP contribution in [0.5, 0.6) is 0 Å². The second kappa shape index (κ2) is 4.44. The lowest BCUT2D eigenvalue weighted by Crippen LogP contribution is -2.26. The number of H-pyrrole nitrogens is 1. The molecule has 1 aliphatic carbocycles. The second-order valence-electron chi connectivity index (χ2n) is 4.97. The van der Waals surface area contributed by atoms with Crippen molar-refractivity contribution in [2.75, 3.05) is 0 Å². The molecular formula is C14H16N2O2. The molecule has 1 saturated carbocycles. The topological polar surface area (TPSA) is 66.0 Å². The molecule has 2 aromatic rings. The van der Waals surface area contributed by atoms with Gasteiger partial charge < -0.3 is 10.1 Å². The summed E-state index contributed by atoms with van der Waals surface area (Å²) in [7, 11) is 0. The predicted molar refractivity (Wildman–Crippen MR) is 68.4 cm³/mol. The van der Waals surface area contributed by atoms with E-state index in [2.05, 4.69) is 9.97 Å². The summed E-state index contributed by atoms with van der Waals surface area (Å²) in [5.74, 6) is -0.119. The molecule has 1 heterocycles. The lowest BCUT2D eigenvalue weighted by Gasteiger charge is -2.26. The van der Waals surface area contributed by atoms with Gasteiger partial charge in [-0.2, -0.15) is 0 Å². The van der Waals surface area contributed by atoms with E-state index in [1.165, 1.54) is 0 Å². The summed E-state index contributed by atoms with van der Waals surface area (Å²) >= 11 is 0. The van der Waals surface area contributed by atoms with Crippen molar-refractivity contribution in [2.45, 2.75) is 31.6 Å². The maximum Gasteiger partial charge on any atom is 0.307 e. The molecule has 1 aromatic heterocycles. The van der Waals surface area contributed by atoms with E-state index in [1.807, 2.05) is 24.3 Å². The summed E-state index contributed by atoms with van der Waals surface area (Å²) in [4.78, 5) is 19.1. The Morgan fingerprint density at radius 2 is 2.06 bits per heavy atom. The van der Waals surface area contributed by atoms with Gasteiger partial charge in [-0.3, -0.25) is 4.79 Å². The number of aromatic amines is 1. The van der Waals surface area contributed by atoms with Gasteiger partial charge in [0.1, 0.15) is 5.82 Å². The summed E-state index contributed by atoms with van der Waals surface area (Å²) in [6.07, 6.45) is 3.77. The smallest absolute Gasteiger partial charge is 0.307 e. The van der Waals surface area contributed by atoms with Gasteiger partial charge in [0.25, 0.3) is 0 Å². The zero-order valence-electron chi connectivity index (χ0n) is 10.1. The maximum absolute atomic E-state index is 11.3. The standard InChI is InChI=1S/C14H16N2O2/c17-14(18)10-6-2-1-5-9(10)13-15-11-7-3-4-8-12(11)16-13/h3-4,7-10H,1-2,5-6H2,(H,15,16)(H,17,18)/t9-,10+/m1/s1. The van der Waals surface area contributed by atoms with Crippen molar-refractivity contribution in [2.24, 2.45) is 5.92 Å². The Labute approximate surface area is 105 Å². The number of aromatic nitrogens is 2. The molecular weight excluding hydrogens is 228 g/mol. The quantitative estimate of drug-likeness (QED) is 0.853. The van der Waals surface area contributed by atoms with Crippen molar-refractivity contribution < 1.29 is 9.90 Å². The molecule has 1 aliphatic rings. The van der Waals surface area contributed by atoms with Crippen LogP contribution in [0.1, 0.15) is 37.4 Å². The fraction of sp³-hybridized carbons (Fsp3) is 0.429. The van der Waals surface area contributed by atoms with Crippen molar-refractivity contribution in [1.29, 1.82) is 0 Å². The third kappa shape index (κ3) is 1.88. The number of aliphatic carboxylic acids is 1. The molecule has 1 aromatic carbocycles. The van der Waals surface area contributed by atoms with E-state index in [0.29, 0.717) is 0 Å². The van der Waals surface area contributed by atoms with Gasteiger partial charge >= 0.3 is 5.97 Å². The van der Waals surface area contributed by atoms with Gasteiger partial charge in [0.2, 0.25) is 0 Å². The number of nitrogens with zero attached hydrogens (tertiary/aromatic N) is 1. The Balaban J connectivity index is 1.98. The zero-order chi connectivity index (χ0) is 12.5. The summed E-state index contributed by atoms with van der Waals surface area (Å²) in [5, 5.41) is 9.30. The largest absolute Gasteiger partial charge is 0.481 e. The molecule has 3 rings (SSSR count). The highest BCUT2D eigenvalue weighted by molar-refractivity contribution is 5.76. The highest BCUT2D eigenvalue weighted by Gasteiger charge is 2.33. The molecule has 0 aliphatic heterocycles. The van der Waals surface area contributed by atoms with Crippen molar-refractivity contribution in [3.8, 4) is 0 Å². The van der Waals surface area contributed by atoms with E-state index in [0.717, 1.165) is 42.5 Å². The number of hydrogen-bond acceptors (Lipinski definition) is 2. The van der Waals surface area contributed by atoms with E-state index in [-0.39, 0.29) is 11.8 Å². The first kappa shape index (κ1) is 11.3. The van der Waals surface area contributed by atoms with Crippen LogP contribution in [0.3, 0.4) is 0 Å². The van der Waals surface area contributed by atoms with Crippen molar-refractivity contribution in [1.82, 2.24) is 9.97 Å². The number of para-hydroxylation sites is 2. The molecule has 0 radical (unpaired) electrons. The number of carbonyl (C=O) groups is 1. The molecule has 0 bridgehead atoms. The van der Waals surface area contributed by atoms with Crippen molar-refractivity contribution >= 4 is 17.0 Å². The van der Waals surface area contributed by atoms with E-state index in [9.17, 15) is 9.90 Å². The van der Waals surface area contributed by atoms with E-state index in [1.54, 1.807) is 0 Å². The third-order valence-electron chi connectivity index (χ3n) is 3.84. The van der Waals surface area contributed by atoms with Crippen LogP contribution in [-0.2, 0) is 4.79 Å². The average Bonchev–Trinajstić information content (AvgIpc) is 2.82. The van der Waals surface area contributed by atoms with Crippen LogP contribution in [0, 0.1) is 5.92 Å². The van der Waals surface area contributed by atoms with Crippen molar-refractivity contribution in [3.05, 3.63) is 30.1 Å². The van der Waals surface area contributed by atoms with Crippen LogP contribution < -0.4 is 0 Å². The number of hydrogen-bond donors (Lipinski definition) is 2. The van der Waals surface area contributed by atoms with E-state index >= 15 is 0 Å². The first-order valence-electron chi connectivity index (χ1n) is 6.43. The molecule has 0 amide bonds. The van der Waals surface area contributed by atoms with Crippen LogP contribution in [0.4, 0.5) is 0 Å². The number of nitrogens with one attached hydrogen (secondary N) is 1. The van der Waals surface area contributed by atoms with Crippen LogP contribution in [-0.4, -0.2) is 21.0 Å². The van der Waals surface area contributed by atoms with Gasteiger partial charge in [0.05, 0.1) is 17.0 Å². The number of imidazole rings is 1. The molecule has 0 saturated heterocycles. The number of carboxylic acids is 1. The number of rotatable bonds is 2. The first-order chi connectivity index (χ1) is 8.75. The highest BCUT2D eigenvalue weighted by Crippen LogP contribution is 2.37. The van der Waals surface area contributed by atoms with Crippen LogP contribution in [0.25, 0.3) is 11.0 Å². The molecule has 4 heteroatoms. The minimum Gasteiger partial charge on any atom is -0.481 e. The monoisotopic (exact) mass is 244 g/mol. The molecule has 18 heavy (non-hydrogen) atoms. The van der Waals surface area contributed by atoms with Crippen molar-refractivity contribution in [3.63, 3.8) is 0 Å². The fourth-order valence-electron chi connectivity index (χ4n) is 2.90. The Morgan fingerprint density at radius 3 is 2.83 bits per heavy atom. The average molecular weight is 244 g/mol. The van der Waals surface area contributed by atoms with Gasteiger partial charge in [0, 0.05) is 5.92 Å². The molecule has 94 valence electrons. The minimum absolute atomic E-state index is 0.0312. The molecule has 0 spiro atoms. The number of carboxylic acid groups (broad SMARTS) is 1. The third-order valence-corrected chi connectivity index (χ3v) is 3.84. The van der Waals surface area contributed by atoms with Crippen LogP contribution in [0.2, 0.25) is 0 Å². The van der Waals surface area contributed by atoms with Gasteiger partial charge in [-0.15, -0.1) is 0 Å². The van der Waals surface area contributed by atoms with Gasteiger partial charge in [-0.05, 0) is 25.0 Å². The number of fused-ring (bicyclic) bond motifs is 1. The Hall–Kier alpha value is -1.84. The van der Waals surface area contributed by atoms with Crippen LogP contribution >= 0.6 is 0 Å². The predicted octanol–water partition coefficient (Wildman–Crippen LogP) is 2.92.